The summed E-state index contributed by atoms with van der Waals surface area (Å²) in [7, 11) is 0. The molecule has 2 atom stereocenters. The van der Waals surface area contributed by atoms with E-state index >= 15 is 0 Å². The summed E-state index contributed by atoms with van der Waals surface area (Å²) in [5.74, 6) is 1.67. The van der Waals surface area contributed by atoms with Crippen molar-refractivity contribution in [1.29, 1.82) is 0 Å². The number of likely N-dealkylation sites (tertiary alicyclic amines) is 1. The third-order valence-electron chi connectivity index (χ3n) is 5.18. The van der Waals surface area contributed by atoms with E-state index in [0.29, 0.717) is 12.1 Å². The number of hydrogen-bond donors (Lipinski definition) is 1. The molecule has 0 spiro atoms. The van der Waals surface area contributed by atoms with Gasteiger partial charge in [-0.15, -0.1) is 0 Å². The highest BCUT2D eigenvalue weighted by atomic mass is 15.2. The van der Waals surface area contributed by atoms with E-state index in [1.54, 1.807) is 0 Å². The predicted octanol–water partition coefficient (Wildman–Crippen LogP) is 2.04. The lowest BCUT2D eigenvalue weighted by molar-refractivity contribution is 0.0827. The highest BCUT2D eigenvalue weighted by Crippen LogP contribution is 2.21. The second kappa shape index (κ2) is 7.05. The van der Waals surface area contributed by atoms with Crippen molar-refractivity contribution in [3.8, 4) is 0 Å². The van der Waals surface area contributed by atoms with E-state index in [4.69, 9.17) is 0 Å². The van der Waals surface area contributed by atoms with Crippen LogP contribution < -0.4 is 5.32 Å². The summed E-state index contributed by atoms with van der Waals surface area (Å²) in [6.07, 6.45) is 2.80. The van der Waals surface area contributed by atoms with Gasteiger partial charge in [0.25, 0.3) is 0 Å². The van der Waals surface area contributed by atoms with Crippen LogP contribution >= 0.6 is 0 Å². The molecule has 0 aromatic heterocycles. The van der Waals surface area contributed by atoms with Crippen molar-refractivity contribution in [1.82, 2.24) is 15.1 Å². The van der Waals surface area contributed by atoms with Crippen LogP contribution in [0.4, 0.5) is 0 Å². The molecule has 2 aliphatic rings. The lowest BCUT2D eigenvalue weighted by atomic mass is 9.93. The van der Waals surface area contributed by atoms with Crippen LogP contribution in [0.2, 0.25) is 0 Å². The van der Waals surface area contributed by atoms with Crippen LogP contribution in [0.1, 0.15) is 40.5 Å². The molecule has 112 valence electrons. The maximum atomic E-state index is 3.70. The standard InChI is InChI=1S/C16H33N3/c1-5-18-8-6-15(7-9-18)11-19-12-16(13(2)3)17-10-14(19)4/h13-17H,5-12H2,1-4H3. The van der Waals surface area contributed by atoms with Crippen molar-refractivity contribution in [3.63, 3.8) is 0 Å². The van der Waals surface area contributed by atoms with Crippen LogP contribution in [-0.4, -0.2) is 61.2 Å². The molecule has 2 heterocycles. The monoisotopic (exact) mass is 267 g/mol. The largest absolute Gasteiger partial charge is 0.311 e. The average molecular weight is 267 g/mol. The summed E-state index contributed by atoms with van der Waals surface area (Å²) in [5.41, 5.74) is 0. The van der Waals surface area contributed by atoms with E-state index in [1.165, 1.54) is 45.6 Å². The van der Waals surface area contributed by atoms with Gasteiger partial charge in [-0.25, -0.2) is 0 Å². The normalized spacial score (nSPS) is 32.1. The number of nitrogens with zero attached hydrogens (tertiary/aromatic N) is 2. The quantitative estimate of drug-likeness (QED) is 0.841. The average Bonchev–Trinajstić information content (AvgIpc) is 2.42. The maximum absolute atomic E-state index is 3.70. The minimum Gasteiger partial charge on any atom is -0.311 e. The molecule has 3 nitrogen and oxygen atoms in total. The number of hydrogen-bond acceptors (Lipinski definition) is 3. The van der Waals surface area contributed by atoms with Gasteiger partial charge in [-0.1, -0.05) is 20.8 Å². The van der Waals surface area contributed by atoms with E-state index < -0.39 is 0 Å². The molecule has 2 fully saturated rings. The Bertz CT molecular complexity index is 259. The summed E-state index contributed by atoms with van der Waals surface area (Å²) in [4.78, 5) is 5.34. The second-order valence-electron chi connectivity index (χ2n) is 6.94. The molecule has 0 radical (unpaired) electrons. The molecule has 0 saturated carbocycles. The highest BCUT2D eigenvalue weighted by molar-refractivity contribution is 4.87. The first kappa shape index (κ1) is 15.3. The molecule has 19 heavy (non-hydrogen) atoms. The van der Waals surface area contributed by atoms with Gasteiger partial charge in [0.2, 0.25) is 0 Å². The summed E-state index contributed by atoms with van der Waals surface area (Å²) in [6, 6.07) is 1.39. The molecule has 2 unspecified atom stereocenters. The van der Waals surface area contributed by atoms with Gasteiger partial charge in [0.1, 0.15) is 0 Å². The molecule has 2 rings (SSSR count). The van der Waals surface area contributed by atoms with Gasteiger partial charge in [-0.05, 0) is 51.2 Å². The number of piperidine rings is 1. The summed E-state index contributed by atoms with van der Waals surface area (Å²) >= 11 is 0. The third kappa shape index (κ3) is 4.17. The van der Waals surface area contributed by atoms with E-state index in [9.17, 15) is 0 Å². The molecule has 0 amide bonds. The maximum Gasteiger partial charge on any atom is 0.0218 e. The van der Waals surface area contributed by atoms with Crippen LogP contribution in [0.5, 0.6) is 0 Å². The van der Waals surface area contributed by atoms with Gasteiger partial charge in [0, 0.05) is 31.7 Å². The predicted molar refractivity (Wildman–Crippen MR) is 82.5 cm³/mol. The Morgan fingerprint density at radius 3 is 2.47 bits per heavy atom. The van der Waals surface area contributed by atoms with Crippen LogP contribution in [-0.2, 0) is 0 Å². The van der Waals surface area contributed by atoms with Crippen LogP contribution in [0.25, 0.3) is 0 Å². The van der Waals surface area contributed by atoms with E-state index in [1.807, 2.05) is 0 Å². The Balaban J connectivity index is 1.80. The third-order valence-corrected chi connectivity index (χ3v) is 5.18. The van der Waals surface area contributed by atoms with E-state index in [-0.39, 0.29) is 0 Å². The SMILES string of the molecule is CCN1CCC(CN2CC(C(C)C)NCC2C)CC1. The van der Waals surface area contributed by atoms with Crippen molar-refractivity contribution in [2.24, 2.45) is 11.8 Å². The Labute approximate surface area is 119 Å². The second-order valence-corrected chi connectivity index (χ2v) is 6.94. The van der Waals surface area contributed by atoms with Gasteiger partial charge in [0.15, 0.2) is 0 Å². The fraction of sp³-hybridized carbons (Fsp3) is 1.00. The Morgan fingerprint density at radius 2 is 1.89 bits per heavy atom. The zero-order valence-electron chi connectivity index (χ0n) is 13.4. The molecule has 0 aromatic carbocycles. The fourth-order valence-electron chi connectivity index (χ4n) is 3.47. The molecule has 0 bridgehead atoms. The Morgan fingerprint density at radius 1 is 1.21 bits per heavy atom. The van der Waals surface area contributed by atoms with Gasteiger partial charge in [0.05, 0.1) is 0 Å². The first-order valence-corrected chi connectivity index (χ1v) is 8.30. The van der Waals surface area contributed by atoms with Gasteiger partial charge >= 0.3 is 0 Å². The van der Waals surface area contributed by atoms with Crippen molar-refractivity contribution in [2.45, 2.75) is 52.6 Å². The molecule has 1 N–H and O–H groups in total. The van der Waals surface area contributed by atoms with Crippen molar-refractivity contribution in [3.05, 3.63) is 0 Å². The fourth-order valence-corrected chi connectivity index (χ4v) is 3.47. The minimum atomic E-state index is 0.687. The lowest BCUT2D eigenvalue weighted by Crippen LogP contribution is -2.58. The van der Waals surface area contributed by atoms with Crippen molar-refractivity contribution in [2.75, 3.05) is 39.3 Å². The molecule has 2 aliphatic heterocycles. The first-order chi connectivity index (χ1) is 9.10. The summed E-state index contributed by atoms with van der Waals surface area (Å²) < 4.78 is 0. The van der Waals surface area contributed by atoms with Crippen LogP contribution in [0.3, 0.4) is 0 Å². The molecule has 2 saturated heterocycles. The zero-order chi connectivity index (χ0) is 13.8. The highest BCUT2D eigenvalue weighted by Gasteiger charge is 2.29. The molecule has 3 heteroatoms. The van der Waals surface area contributed by atoms with Gasteiger partial charge in [-0.2, -0.15) is 0 Å². The summed E-state index contributed by atoms with van der Waals surface area (Å²) in [5, 5.41) is 3.70. The molecular weight excluding hydrogens is 234 g/mol. The lowest BCUT2D eigenvalue weighted by Gasteiger charge is -2.43. The molecule has 0 aromatic rings. The smallest absolute Gasteiger partial charge is 0.0218 e. The van der Waals surface area contributed by atoms with Crippen LogP contribution in [0, 0.1) is 11.8 Å². The molecular formula is C16H33N3. The van der Waals surface area contributed by atoms with Crippen molar-refractivity contribution < 1.29 is 0 Å². The number of piperazine rings is 1. The van der Waals surface area contributed by atoms with Crippen molar-refractivity contribution >= 4 is 0 Å². The first-order valence-electron chi connectivity index (χ1n) is 8.30. The van der Waals surface area contributed by atoms with E-state index in [2.05, 4.69) is 42.8 Å². The number of nitrogens with one attached hydrogen (secondary N) is 1. The number of rotatable bonds is 4. The zero-order valence-corrected chi connectivity index (χ0v) is 13.4. The van der Waals surface area contributed by atoms with E-state index in [0.717, 1.165) is 18.4 Å². The van der Waals surface area contributed by atoms with Crippen LogP contribution in [0.15, 0.2) is 0 Å². The Hall–Kier alpha value is -0.120. The summed E-state index contributed by atoms with van der Waals surface area (Å²) in [6.45, 7) is 16.9. The topological polar surface area (TPSA) is 18.5 Å². The van der Waals surface area contributed by atoms with Gasteiger partial charge < -0.3 is 10.2 Å². The Kier molecular flexibility index (Phi) is 5.67. The van der Waals surface area contributed by atoms with Gasteiger partial charge in [-0.3, -0.25) is 4.90 Å². The molecule has 0 aliphatic carbocycles. The minimum absolute atomic E-state index is 0.687.